The summed E-state index contributed by atoms with van der Waals surface area (Å²) in [6.07, 6.45) is 0.800. The molecule has 2 N–H and O–H groups in total. The summed E-state index contributed by atoms with van der Waals surface area (Å²) < 4.78 is 10.8. The smallest absolute Gasteiger partial charge is 0.407 e. The number of aliphatic hydroxyl groups is 1. The molecule has 0 spiro atoms. The minimum Gasteiger partial charge on any atom is -0.460 e. The average Bonchev–Trinajstić information content (AvgIpc) is 2.96. The SMILES string of the molecule is CC(C)(C)OC(=O)NC1CC[C@@](C(=O)OCc2ccccc2)(C(C)(C)O)C1. The summed E-state index contributed by atoms with van der Waals surface area (Å²) in [4.78, 5) is 25.0. The van der Waals surface area contributed by atoms with Crippen molar-refractivity contribution in [1.29, 1.82) is 0 Å². The summed E-state index contributed by atoms with van der Waals surface area (Å²) in [5.41, 5.74) is -2.05. The van der Waals surface area contributed by atoms with Crippen LogP contribution in [0, 0.1) is 5.41 Å². The maximum atomic E-state index is 12.9. The molecule has 1 aliphatic carbocycles. The zero-order chi connectivity index (χ0) is 20.3. The summed E-state index contributed by atoms with van der Waals surface area (Å²) in [5.74, 6) is -0.438. The first-order valence-corrected chi connectivity index (χ1v) is 9.36. The van der Waals surface area contributed by atoms with Crippen LogP contribution in [0.2, 0.25) is 0 Å². The summed E-state index contributed by atoms with van der Waals surface area (Å²) >= 11 is 0. The number of hydrogen-bond donors (Lipinski definition) is 2. The van der Waals surface area contributed by atoms with Crippen molar-refractivity contribution in [2.24, 2.45) is 5.41 Å². The van der Waals surface area contributed by atoms with Gasteiger partial charge in [0.2, 0.25) is 0 Å². The molecular formula is C21H31NO5. The fraction of sp³-hybridized carbons (Fsp3) is 0.619. The lowest BCUT2D eigenvalue weighted by Gasteiger charge is -2.38. The highest BCUT2D eigenvalue weighted by Gasteiger charge is 2.56. The number of rotatable bonds is 5. The molecule has 0 heterocycles. The molecule has 150 valence electrons. The van der Waals surface area contributed by atoms with E-state index < -0.39 is 28.7 Å². The third-order valence-corrected chi connectivity index (χ3v) is 5.01. The molecule has 6 heteroatoms. The lowest BCUT2D eigenvalue weighted by Crippen LogP contribution is -2.50. The monoisotopic (exact) mass is 377 g/mol. The lowest BCUT2D eigenvalue weighted by atomic mass is 9.72. The Hall–Kier alpha value is -2.08. The average molecular weight is 377 g/mol. The van der Waals surface area contributed by atoms with Gasteiger partial charge in [0.05, 0.1) is 11.0 Å². The molecule has 27 heavy (non-hydrogen) atoms. The quantitative estimate of drug-likeness (QED) is 0.767. The van der Waals surface area contributed by atoms with Gasteiger partial charge >= 0.3 is 12.1 Å². The van der Waals surface area contributed by atoms with Gasteiger partial charge in [-0.25, -0.2) is 4.79 Å². The van der Waals surface area contributed by atoms with Gasteiger partial charge in [0.25, 0.3) is 0 Å². The Labute approximate surface area is 161 Å². The first-order chi connectivity index (χ1) is 12.4. The van der Waals surface area contributed by atoms with Crippen molar-refractivity contribution in [2.75, 3.05) is 0 Å². The van der Waals surface area contributed by atoms with E-state index in [9.17, 15) is 14.7 Å². The second-order valence-corrected chi connectivity index (χ2v) is 8.79. The molecule has 2 rings (SSSR count). The van der Waals surface area contributed by atoms with Gasteiger partial charge in [-0.1, -0.05) is 30.3 Å². The maximum Gasteiger partial charge on any atom is 0.407 e. The zero-order valence-corrected chi connectivity index (χ0v) is 16.9. The molecule has 1 unspecified atom stereocenters. The molecule has 0 bridgehead atoms. The van der Waals surface area contributed by atoms with Crippen molar-refractivity contribution in [2.45, 2.75) is 77.7 Å². The van der Waals surface area contributed by atoms with Crippen LogP contribution in [0.4, 0.5) is 4.79 Å². The van der Waals surface area contributed by atoms with Gasteiger partial charge in [-0.15, -0.1) is 0 Å². The molecule has 1 aromatic rings. The molecule has 0 aromatic heterocycles. The van der Waals surface area contributed by atoms with E-state index in [2.05, 4.69) is 5.32 Å². The number of carbonyl (C=O) groups is 2. The fourth-order valence-corrected chi connectivity index (χ4v) is 3.49. The Morgan fingerprint density at radius 1 is 1.19 bits per heavy atom. The van der Waals surface area contributed by atoms with Crippen LogP contribution in [-0.2, 0) is 20.9 Å². The number of benzene rings is 1. The van der Waals surface area contributed by atoms with E-state index in [0.29, 0.717) is 19.3 Å². The van der Waals surface area contributed by atoms with Crippen molar-refractivity contribution in [3.8, 4) is 0 Å². The molecule has 6 nitrogen and oxygen atoms in total. The van der Waals surface area contributed by atoms with Crippen LogP contribution >= 0.6 is 0 Å². The van der Waals surface area contributed by atoms with Crippen LogP contribution in [-0.4, -0.2) is 34.4 Å². The van der Waals surface area contributed by atoms with Gasteiger partial charge < -0.3 is 19.9 Å². The fourth-order valence-electron chi connectivity index (χ4n) is 3.49. The molecule has 2 atom stereocenters. The molecular weight excluding hydrogens is 346 g/mol. The minimum absolute atomic E-state index is 0.154. The number of alkyl carbamates (subject to hydrolysis) is 1. The highest BCUT2D eigenvalue weighted by atomic mass is 16.6. The molecule has 1 aromatic carbocycles. The standard InChI is InChI=1S/C21H31NO5/c1-19(2,3)27-18(24)22-16-11-12-21(13-16,20(4,5)25)17(23)26-14-15-9-7-6-8-10-15/h6-10,16,25H,11-14H2,1-5H3,(H,22,24)/t16?,21-/m1/s1. The third-order valence-electron chi connectivity index (χ3n) is 5.01. The predicted octanol–water partition coefficient (Wildman–Crippen LogP) is 3.56. The first kappa shape index (κ1) is 21.2. The van der Waals surface area contributed by atoms with E-state index in [1.54, 1.807) is 34.6 Å². The molecule has 1 saturated carbocycles. The van der Waals surface area contributed by atoms with Gasteiger partial charge in [-0.3, -0.25) is 4.79 Å². The van der Waals surface area contributed by atoms with Gasteiger partial charge in [0.1, 0.15) is 12.2 Å². The van der Waals surface area contributed by atoms with Crippen LogP contribution in [0.3, 0.4) is 0 Å². The first-order valence-electron chi connectivity index (χ1n) is 9.36. The Morgan fingerprint density at radius 3 is 2.37 bits per heavy atom. The van der Waals surface area contributed by atoms with E-state index in [0.717, 1.165) is 5.56 Å². The largest absolute Gasteiger partial charge is 0.460 e. The molecule has 0 saturated heterocycles. The topological polar surface area (TPSA) is 84.9 Å². The van der Waals surface area contributed by atoms with E-state index in [1.165, 1.54) is 0 Å². The van der Waals surface area contributed by atoms with Crippen LogP contribution in [0.25, 0.3) is 0 Å². The zero-order valence-electron chi connectivity index (χ0n) is 16.9. The second-order valence-electron chi connectivity index (χ2n) is 8.79. The number of carbonyl (C=O) groups excluding carboxylic acids is 2. The number of ether oxygens (including phenoxy) is 2. The summed E-state index contributed by atoms with van der Waals surface area (Å²) in [6, 6.07) is 9.16. The van der Waals surface area contributed by atoms with Gasteiger partial charge in [0.15, 0.2) is 0 Å². The highest BCUT2D eigenvalue weighted by Crippen LogP contribution is 2.47. The van der Waals surface area contributed by atoms with Crippen LogP contribution in [0.5, 0.6) is 0 Å². The number of nitrogens with one attached hydrogen (secondary N) is 1. The van der Waals surface area contributed by atoms with Crippen LogP contribution in [0.15, 0.2) is 30.3 Å². The van der Waals surface area contributed by atoms with E-state index in [1.807, 2.05) is 30.3 Å². The summed E-state index contributed by atoms with van der Waals surface area (Å²) in [7, 11) is 0. The van der Waals surface area contributed by atoms with E-state index in [4.69, 9.17) is 9.47 Å². The third kappa shape index (κ3) is 5.45. The second kappa shape index (κ2) is 7.89. The van der Waals surface area contributed by atoms with Crippen molar-refractivity contribution in [1.82, 2.24) is 5.32 Å². The normalized spacial score (nSPS) is 23.0. The molecule has 0 radical (unpaired) electrons. The van der Waals surface area contributed by atoms with E-state index >= 15 is 0 Å². The Kier molecular flexibility index (Phi) is 6.20. The Morgan fingerprint density at radius 2 is 1.81 bits per heavy atom. The van der Waals surface area contributed by atoms with Crippen molar-refractivity contribution >= 4 is 12.1 Å². The van der Waals surface area contributed by atoms with Gasteiger partial charge in [-0.2, -0.15) is 0 Å². The van der Waals surface area contributed by atoms with Gasteiger partial charge in [-0.05, 0) is 59.4 Å². The lowest BCUT2D eigenvalue weighted by molar-refractivity contribution is -0.173. The number of esters is 1. The maximum absolute atomic E-state index is 12.9. The summed E-state index contributed by atoms with van der Waals surface area (Å²) in [5, 5.41) is 13.5. The van der Waals surface area contributed by atoms with Crippen molar-refractivity contribution in [3.63, 3.8) is 0 Å². The van der Waals surface area contributed by atoms with Crippen molar-refractivity contribution < 1.29 is 24.2 Å². The summed E-state index contributed by atoms with van der Waals surface area (Å²) in [6.45, 7) is 8.77. The predicted molar refractivity (Wildman–Crippen MR) is 102 cm³/mol. The van der Waals surface area contributed by atoms with Crippen LogP contribution < -0.4 is 5.32 Å². The Balaban J connectivity index is 2.05. The number of amides is 1. The minimum atomic E-state index is -1.27. The molecule has 1 aliphatic rings. The Bertz CT molecular complexity index is 659. The van der Waals surface area contributed by atoms with E-state index in [-0.39, 0.29) is 12.6 Å². The molecule has 1 amide bonds. The molecule has 1 fully saturated rings. The highest BCUT2D eigenvalue weighted by molar-refractivity contribution is 5.79. The van der Waals surface area contributed by atoms with Crippen molar-refractivity contribution in [3.05, 3.63) is 35.9 Å². The molecule has 0 aliphatic heterocycles. The van der Waals surface area contributed by atoms with Gasteiger partial charge in [0, 0.05) is 6.04 Å². The van der Waals surface area contributed by atoms with Crippen LogP contribution in [0.1, 0.15) is 59.4 Å². The number of hydrogen-bond acceptors (Lipinski definition) is 5.